The van der Waals surface area contributed by atoms with E-state index in [1.807, 2.05) is 0 Å². The Hall–Kier alpha value is -2.43. The van der Waals surface area contributed by atoms with Crippen LogP contribution in [-0.2, 0) is 14.0 Å². The maximum absolute atomic E-state index is 12.1. The molecule has 5 atom stereocenters. The molecule has 14 heteroatoms. The van der Waals surface area contributed by atoms with E-state index in [2.05, 4.69) is 19.7 Å². The molecule has 2 heterocycles. The molecule has 0 bridgehead atoms. The first-order valence-electron chi connectivity index (χ1n) is 7.24. The molecule has 1 aliphatic rings. The minimum absolute atomic E-state index is 0.141. The van der Waals surface area contributed by atoms with Gasteiger partial charge in [-0.05, 0) is 12.5 Å². The second-order valence-corrected chi connectivity index (χ2v) is 7.69. The minimum Gasteiger partial charge on any atom is -0.462 e. The van der Waals surface area contributed by atoms with Gasteiger partial charge in [-0.25, -0.2) is 9.59 Å². The first-order chi connectivity index (χ1) is 12.1. The summed E-state index contributed by atoms with van der Waals surface area (Å²) in [5.74, 6) is -2.24. The number of aliphatic hydroxyl groups is 1. The topological polar surface area (TPSA) is 197 Å². The molecule has 26 heavy (non-hydrogen) atoms. The SMILES string of the molecule is COC(=O)P(=O)(O)C(O)[C@H]1O[C@@H](n2cc(C)c(=O)[nH]c2=O)C[C@@H]1N=[N+]=[N-]. The van der Waals surface area contributed by atoms with Crippen LogP contribution in [0.15, 0.2) is 20.9 Å². The number of aromatic amines is 1. The number of carbonyl (C=O) groups excluding carboxylic acids is 1. The Bertz CT molecular complexity index is 919. The van der Waals surface area contributed by atoms with E-state index in [9.17, 15) is 28.9 Å². The van der Waals surface area contributed by atoms with Crippen LogP contribution in [0.1, 0.15) is 18.2 Å². The number of aliphatic hydroxyl groups excluding tert-OH is 1. The molecule has 1 fully saturated rings. The molecule has 142 valence electrons. The highest BCUT2D eigenvalue weighted by molar-refractivity contribution is 7.75. The van der Waals surface area contributed by atoms with Crippen LogP contribution in [0, 0.1) is 6.92 Å². The van der Waals surface area contributed by atoms with Crippen LogP contribution in [0.25, 0.3) is 10.4 Å². The number of ether oxygens (including phenoxy) is 2. The molecule has 1 aromatic rings. The first kappa shape index (κ1) is 19.9. The number of rotatable bonds is 5. The van der Waals surface area contributed by atoms with Crippen molar-refractivity contribution in [2.75, 3.05) is 7.11 Å². The summed E-state index contributed by atoms with van der Waals surface area (Å²) in [5, 5.41) is 13.5. The minimum atomic E-state index is -4.89. The number of nitrogens with one attached hydrogen (secondary N) is 1. The Kier molecular flexibility index (Phi) is 5.69. The predicted octanol–water partition coefficient (Wildman–Crippen LogP) is 0.167. The molecule has 3 N–H and O–H groups in total. The van der Waals surface area contributed by atoms with E-state index in [1.54, 1.807) is 0 Å². The van der Waals surface area contributed by atoms with Gasteiger partial charge in [0.1, 0.15) is 12.3 Å². The smallest absolute Gasteiger partial charge is 0.393 e. The van der Waals surface area contributed by atoms with Gasteiger partial charge in [-0.15, -0.1) is 0 Å². The second-order valence-electron chi connectivity index (χ2n) is 5.55. The lowest BCUT2D eigenvalue weighted by molar-refractivity contribution is -0.0422. The number of hydrogen-bond donors (Lipinski definition) is 3. The monoisotopic (exact) mass is 389 g/mol. The summed E-state index contributed by atoms with van der Waals surface area (Å²) in [4.78, 5) is 49.3. The van der Waals surface area contributed by atoms with Crippen LogP contribution < -0.4 is 11.2 Å². The van der Waals surface area contributed by atoms with Crippen LogP contribution in [0.3, 0.4) is 0 Å². The van der Waals surface area contributed by atoms with Crippen molar-refractivity contribution in [2.24, 2.45) is 5.11 Å². The molecule has 0 amide bonds. The molecule has 1 saturated heterocycles. The zero-order chi connectivity index (χ0) is 19.6. The summed E-state index contributed by atoms with van der Waals surface area (Å²) in [7, 11) is -4.03. The van der Waals surface area contributed by atoms with Gasteiger partial charge in [0, 0.05) is 23.1 Å². The molecule has 2 unspecified atom stereocenters. The van der Waals surface area contributed by atoms with E-state index in [0.29, 0.717) is 0 Å². The fourth-order valence-electron chi connectivity index (χ4n) is 2.53. The molecule has 0 aliphatic carbocycles. The normalized spacial score (nSPS) is 25.8. The lowest BCUT2D eigenvalue weighted by Crippen LogP contribution is -2.36. The van der Waals surface area contributed by atoms with E-state index < -0.39 is 48.5 Å². The zero-order valence-corrected chi connectivity index (χ0v) is 14.6. The Morgan fingerprint density at radius 3 is 2.85 bits per heavy atom. The highest BCUT2D eigenvalue weighted by Gasteiger charge is 2.51. The van der Waals surface area contributed by atoms with E-state index in [-0.39, 0.29) is 12.0 Å². The number of methoxy groups -OCH3 is 1. The number of H-pyrrole nitrogens is 1. The summed E-state index contributed by atoms with van der Waals surface area (Å²) in [6, 6.07) is -1.15. The van der Waals surface area contributed by atoms with E-state index in [0.717, 1.165) is 11.7 Å². The number of aromatic nitrogens is 2. The molecule has 1 aliphatic heterocycles. The maximum atomic E-state index is 12.1. The largest absolute Gasteiger partial charge is 0.462 e. The van der Waals surface area contributed by atoms with Gasteiger partial charge < -0.3 is 19.5 Å². The fourth-order valence-corrected chi connectivity index (χ4v) is 3.68. The summed E-state index contributed by atoms with van der Waals surface area (Å²) in [6.45, 7) is 1.44. The molecule has 0 aromatic carbocycles. The third-order valence-electron chi connectivity index (χ3n) is 3.88. The number of aryl methyl sites for hydroxylation is 1. The zero-order valence-electron chi connectivity index (χ0n) is 13.7. The lowest BCUT2D eigenvalue weighted by Gasteiger charge is -2.24. The molecule has 0 radical (unpaired) electrons. The highest BCUT2D eigenvalue weighted by Crippen LogP contribution is 2.51. The van der Waals surface area contributed by atoms with Crippen LogP contribution in [0.5, 0.6) is 0 Å². The molecule has 13 nitrogen and oxygen atoms in total. The van der Waals surface area contributed by atoms with Crippen LogP contribution >= 0.6 is 7.37 Å². The van der Waals surface area contributed by atoms with Crippen molar-refractivity contribution >= 4 is 13.1 Å². The highest BCUT2D eigenvalue weighted by atomic mass is 31.2. The van der Waals surface area contributed by atoms with Gasteiger partial charge in [0.15, 0.2) is 5.85 Å². The van der Waals surface area contributed by atoms with Gasteiger partial charge in [-0.3, -0.25) is 18.9 Å². The van der Waals surface area contributed by atoms with Crippen molar-refractivity contribution < 1.29 is 28.8 Å². The van der Waals surface area contributed by atoms with Crippen LogP contribution in [0.2, 0.25) is 0 Å². The van der Waals surface area contributed by atoms with Crippen molar-refractivity contribution in [2.45, 2.75) is 37.6 Å². The summed E-state index contributed by atoms with van der Waals surface area (Å²) < 4.78 is 22.7. The molecular formula is C12H16N5O8P. The third kappa shape index (κ3) is 3.57. The Morgan fingerprint density at radius 2 is 2.27 bits per heavy atom. The summed E-state index contributed by atoms with van der Waals surface area (Å²) in [5.41, 5.74) is 5.89. The van der Waals surface area contributed by atoms with Gasteiger partial charge in [-0.2, -0.15) is 0 Å². The average molecular weight is 389 g/mol. The standard InChI is InChI=1S/C12H16N5O8P/c1-5-4-17(11(20)14-9(5)18)7-3-6(15-16-13)8(25-7)10(19)26(22,23)12(21)24-2/h4,6-8,10,19H,3H2,1-2H3,(H,22,23)(H,14,18,20)/t6-,7+,8-,10?/m0/s1. The van der Waals surface area contributed by atoms with Gasteiger partial charge in [0.05, 0.1) is 13.2 Å². The van der Waals surface area contributed by atoms with Crippen LogP contribution in [0.4, 0.5) is 4.79 Å². The van der Waals surface area contributed by atoms with E-state index in [4.69, 9.17) is 10.3 Å². The molecule has 0 spiro atoms. The van der Waals surface area contributed by atoms with Crippen molar-refractivity contribution in [1.29, 1.82) is 0 Å². The van der Waals surface area contributed by atoms with Crippen molar-refractivity contribution in [3.8, 4) is 0 Å². The molecular weight excluding hydrogens is 373 g/mol. The van der Waals surface area contributed by atoms with Crippen molar-refractivity contribution in [1.82, 2.24) is 9.55 Å². The fraction of sp³-hybridized carbons (Fsp3) is 0.583. The van der Waals surface area contributed by atoms with Gasteiger partial charge >= 0.3 is 18.8 Å². The molecule has 1 aromatic heterocycles. The number of carbonyl (C=O) groups is 1. The van der Waals surface area contributed by atoms with E-state index in [1.165, 1.54) is 13.1 Å². The number of azide groups is 1. The third-order valence-corrected chi connectivity index (χ3v) is 5.60. The summed E-state index contributed by atoms with van der Waals surface area (Å²) in [6.07, 6.45) is -1.60. The molecule has 0 saturated carbocycles. The number of hydrogen-bond acceptors (Lipinski definition) is 8. The van der Waals surface area contributed by atoms with E-state index >= 15 is 0 Å². The molecule has 2 rings (SSSR count). The second kappa shape index (κ2) is 7.44. The van der Waals surface area contributed by atoms with Gasteiger partial charge in [0.25, 0.3) is 5.56 Å². The van der Waals surface area contributed by atoms with Crippen LogP contribution in [-0.4, -0.2) is 50.4 Å². The maximum Gasteiger partial charge on any atom is 0.393 e. The number of nitrogens with zero attached hydrogens (tertiary/aromatic N) is 4. The summed E-state index contributed by atoms with van der Waals surface area (Å²) >= 11 is 0. The van der Waals surface area contributed by atoms with Gasteiger partial charge in [0.2, 0.25) is 0 Å². The van der Waals surface area contributed by atoms with Crippen molar-refractivity contribution in [3.05, 3.63) is 43.0 Å². The first-order valence-corrected chi connectivity index (χ1v) is 8.97. The van der Waals surface area contributed by atoms with Crippen molar-refractivity contribution in [3.63, 3.8) is 0 Å². The Morgan fingerprint density at radius 1 is 1.62 bits per heavy atom. The Labute approximate surface area is 145 Å². The van der Waals surface area contributed by atoms with Gasteiger partial charge in [-0.1, -0.05) is 5.11 Å². The predicted molar refractivity (Wildman–Crippen MR) is 85.8 cm³/mol. The Balaban J connectivity index is 2.40. The lowest BCUT2D eigenvalue weighted by atomic mass is 10.1. The quantitative estimate of drug-likeness (QED) is 0.274. The average Bonchev–Trinajstić information content (AvgIpc) is 3.00.